The first-order valence-corrected chi connectivity index (χ1v) is 4.01. The van der Waals surface area contributed by atoms with E-state index in [1.807, 2.05) is 6.07 Å². The van der Waals surface area contributed by atoms with Crippen LogP contribution >= 0.6 is 0 Å². The fourth-order valence-electron chi connectivity index (χ4n) is 1.37. The molecule has 0 aliphatic carbocycles. The highest BCUT2D eigenvalue weighted by atomic mass is 16.5. The average Bonchev–Trinajstić information content (AvgIpc) is 2.17. The van der Waals surface area contributed by atoms with Gasteiger partial charge in [0, 0.05) is 0 Å². The topological polar surface area (TPSA) is 49.8 Å². The first kappa shape index (κ1) is 7.91. The molecule has 1 aliphatic heterocycles. The second kappa shape index (κ2) is 2.97. The van der Waals surface area contributed by atoms with E-state index in [0.29, 0.717) is 24.6 Å². The lowest BCUT2D eigenvalue weighted by Crippen LogP contribution is -2.36. The molecule has 0 unspecified atom stereocenters. The van der Waals surface area contributed by atoms with Crippen LogP contribution in [-0.2, 0) is 0 Å². The number of rotatable bonds is 0. The molecule has 0 atom stereocenters. The van der Waals surface area contributed by atoms with Crippen molar-refractivity contribution in [3.63, 3.8) is 0 Å². The number of amides is 1. The van der Waals surface area contributed by atoms with E-state index in [1.54, 1.807) is 18.2 Å². The smallest absolute Gasteiger partial charge is 0.412 e. The molecule has 0 saturated carbocycles. The van der Waals surface area contributed by atoms with Gasteiger partial charge in [-0.1, -0.05) is 12.1 Å². The number of para-hydroxylation sites is 2. The Morgan fingerprint density at radius 1 is 1.46 bits per heavy atom. The summed E-state index contributed by atoms with van der Waals surface area (Å²) >= 11 is 0. The Balaban J connectivity index is 2.42. The molecule has 4 nitrogen and oxygen atoms in total. The van der Waals surface area contributed by atoms with Crippen LogP contribution in [0.3, 0.4) is 0 Å². The van der Waals surface area contributed by atoms with Gasteiger partial charge in [0.25, 0.3) is 0 Å². The summed E-state index contributed by atoms with van der Waals surface area (Å²) in [4.78, 5) is 12.1. The molecule has 0 aromatic heterocycles. The molecule has 0 fully saturated rings. The third-order valence-electron chi connectivity index (χ3n) is 1.96. The van der Waals surface area contributed by atoms with Gasteiger partial charge in [0.15, 0.2) is 0 Å². The van der Waals surface area contributed by atoms with Crippen molar-refractivity contribution in [1.82, 2.24) is 0 Å². The fraction of sp³-hybridized carbons (Fsp3) is 0.222. The molecule has 1 aromatic carbocycles. The molecule has 1 N–H and O–H groups in total. The Bertz CT molecular complexity index is 337. The highest BCUT2D eigenvalue weighted by Gasteiger charge is 2.21. The summed E-state index contributed by atoms with van der Waals surface area (Å²) in [7, 11) is 0. The summed E-state index contributed by atoms with van der Waals surface area (Å²) in [6.45, 7) is 0.815. The molecular formula is C9H9NO3. The number of carbonyl (C=O) groups is 1. The molecule has 1 aliphatic rings. The van der Waals surface area contributed by atoms with Crippen molar-refractivity contribution in [2.24, 2.45) is 0 Å². The van der Waals surface area contributed by atoms with Gasteiger partial charge in [-0.25, -0.2) is 4.79 Å². The van der Waals surface area contributed by atoms with Crippen LogP contribution in [0.5, 0.6) is 5.75 Å². The van der Waals surface area contributed by atoms with Crippen molar-refractivity contribution < 1.29 is 14.6 Å². The molecule has 0 spiro atoms. The number of hydrogen-bond acceptors (Lipinski definition) is 2. The summed E-state index contributed by atoms with van der Waals surface area (Å²) in [6.07, 6.45) is -0.934. The van der Waals surface area contributed by atoms with Crippen LogP contribution in [-0.4, -0.2) is 24.4 Å². The Kier molecular flexibility index (Phi) is 1.81. The van der Waals surface area contributed by atoms with Crippen molar-refractivity contribution >= 4 is 11.8 Å². The zero-order valence-electron chi connectivity index (χ0n) is 6.93. The number of ether oxygens (including phenoxy) is 1. The van der Waals surface area contributed by atoms with E-state index in [9.17, 15) is 4.79 Å². The van der Waals surface area contributed by atoms with Crippen molar-refractivity contribution in [3.05, 3.63) is 24.3 Å². The van der Waals surface area contributed by atoms with Gasteiger partial charge in [-0.15, -0.1) is 0 Å². The number of benzene rings is 1. The minimum absolute atomic E-state index is 0.395. The molecule has 0 radical (unpaired) electrons. The summed E-state index contributed by atoms with van der Waals surface area (Å²) in [6, 6.07) is 7.13. The third kappa shape index (κ3) is 1.30. The molecule has 0 bridgehead atoms. The van der Waals surface area contributed by atoms with Crippen LogP contribution in [0, 0.1) is 0 Å². The molecular weight excluding hydrogens is 170 g/mol. The minimum atomic E-state index is -0.934. The zero-order valence-corrected chi connectivity index (χ0v) is 6.93. The summed E-state index contributed by atoms with van der Waals surface area (Å²) in [5.41, 5.74) is 0.626. The number of anilines is 1. The number of fused-ring (bicyclic) bond motifs is 1. The van der Waals surface area contributed by atoms with Gasteiger partial charge < -0.3 is 9.84 Å². The van der Waals surface area contributed by atoms with Crippen LogP contribution in [0.2, 0.25) is 0 Å². The van der Waals surface area contributed by atoms with Crippen LogP contribution < -0.4 is 9.64 Å². The fourth-order valence-corrected chi connectivity index (χ4v) is 1.37. The lowest BCUT2D eigenvalue weighted by atomic mass is 10.2. The van der Waals surface area contributed by atoms with Crippen molar-refractivity contribution in [1.29, 1.82) is 0 Å². The number of carboxylic acid groups (broad SMARTS) is 1. The van der Waals surface area contributed by atoms with Crippen molar-refractivity contribution in [3.8, 4) is 5.75 Å². The lowest BCUT2D eigenvalue weighted by Gasteiger charge is -2.26. The third-order valence-corrected chi connectivity index (χ3v) is 1.96. The van der Waals surface area contributed by atoms with Crippen molar-refractivity contribution in [2.75, 3.05) is 18.1 Å². The largest absolute Gasteiger partial charge is 0.490 e. The maximum atomic E-state index is 10.8. The molecule has 1 heterocycles. The monoisotopic (exact) mass is 179 g/mol. The number of hydrogen-bond donors (Lipinski definition) is 1. The predicted molar refractivity (Wildman–Crippen MR) is 47.3 cm³/mol. The predicted octanol–water partition coefficient (Wildman–Crippen LogP) is 1.56. The maximum absolute atomic E-state index is 10.8. The van der Waals surface area contributed by atoms with Gasteiger partial charge in [-0.05, 0) is 12.1 Å². The van der Waals surface area contributed by atoms with Gasteiger partial charge >= 0.3 is 6.09 Å². The highest BCUT2D eigenvalue weighted by Crippen LogP contribution is 2.30. The van der Waals surface area contributed by atoms with Crippen LogP contribution in [0.25, 0.3) is 0 Å². The first-order chi connectivity index (χ1) is 6.29. The Morgan fingerprint density at radius 2 is 2.23 bits per heavy atom. The normalized spacial score (nSPS) is 14.6. The molecule has 4 heteroatoms. The summed E-state index contributed by atoms with van der Waals surface area (Å²) in [5.74, 6) is 0.635. The Labute approximate surface area is 75.3 Å². The van der Waals surface area contributed by atoms with Gasteiger partial charge in [-0.2, -0.15) is 0 Å². The van der Waals surface area contributed by atoms with E-state index in [4.69, 9.17) is 9.84 Å². The second-order valence-electron chi connectivity index (χ2n) is 2.75. The first-order valence-electron chi connectivity index (χ1n) is 4.01. The van der Waals surface area contributed by atoms with Gasteiger partial charge in [-0.3, -0.25) is 4.90 Å². The minimum Gasteiger partial charge on any atom is -0.490 e. The SMILES string of the molecule is O=C(O)N1CCOc2ccccc21. The molecule has 2 rings (SSSR count). The molecule has 1 amide bonds. The van der Waals surface area contributed by atoms with E-state index in [-0.39, 0.29) is 0 Å². The molecule has 13 heavy (non-hydrogen) atoms. The lowest BCUT2D eigenvalue weighted by molar-refractivity contribution is 0.196. The van der Waals surface area contributed by atoms with E-state index in [1.165, 1.54) is 4.90 Å². The highest BCUT2D eigenvalue weighted by molar-refractivity contribution is 5.88. The average molecular weight is 179 g/mol. The maximum Gasteiger partial charge on any atom is 0.412 e. The molecule has 0 saturated heterocycles. The van der Waals surface area contributed by atoms with Crippen LogP contribution in [0.1, 0.15) is 0 Å². The van der Waals surface area contributed by atoms with Gasteiger partial charge in [0.1, 0.15) is 12.4 Å². The van der Waals surface area contributed by atoms with E-state index < -0.39 is 6.09 Å². The summed E-state index contributed by atoms with van der Waals surface area (Å²) < 4.78 is 5.30. The molecule has 68 valence electrons. The Morgan fingerprint density at radius 3 is 3.00 bits per heavy atom. The van der Waals surface area contributed by atoms with Crippen LogP contribution in [0.15, 0.2) is 24.3 Å². The van der Waals surface area contributed by atoms with Gasteiger partial charge in [0.2, 0.25) is 0 Å². The Hall–Kier alpha value is -1.71. The van der Waals surface area contributed by atoms with E-state index in [2.05, 4.69) is 0 Å². The molecule has 1 aromatic rings. The van der Waals surface area contributed by atoms with Crippen LogP contribution in [0.4, 0.5) is 10.5 Å². The summed E-state index contributed by atoms with van der Waals surface area (Å²) in [5, 5.41) is 8.86. The number of nitrogens with zero attached hydrogens (tertiary/aromatic N) is 1. The van der Waals surface area contributed by atoms with E-state index in [0.717, 1.165) is 0 Å². The van der Waals surface area contributed by atoms with Crippen molar-refractivity contribution in [2.45, 2.75) is 0 Å². The zero-order chi connectivity index (χ0) is 9.26. The standard InChI is InChI=1S/C9H9NO3/c11-9(12)10-5-6-13-8-4-2-1-3-7(8)10/h1-4H,5-6H2,(H,11,12). The van der Waals surface area contributed by atoms with Gasteiger partial charge in [0.05, 0.1) is 12.2 Å². The second-order valence-corrected chi connectivity index (χ2v) is 2.75. The van der Waals surface area contributed by atoms with E-state index >= 15 is 0 Å². The quantitative estimate of drug-likeness (QED) is 0.657.